The standard InChI is InChI=1S/C17H20F2O/c1-12(2)10-13-6-8-14(9-7-13)20-11-15-16(18)4-3-5-17(15)19/h4,6-9,12H,3,5,10-11H2,1-2H3. The van der Waals surface area contributed by atoms with Crippen molar-refractivity contribution in [3.8, 4) is 5.75 Å². The Morgan fingerprint density at radius 2 is 1.85 bits per heavy atom. The third kappa shape index (κ3) is 3.92. The maximum Gasteiger partial charge on any atom is 0.128 e. The quantitative estimate of drug-likeness (QED) is 0.725. The van der Waals surface area contributed by atoms with Gasteiger partial charge in [-0.3, -0.25) is 0 Å². The molecule has 0 N–H and O–H groups in total. The van der Waals surface area contributed by atoms with E-state index in [0.717, 1.165) is 6.42 Å². The minimum absolute atomic E-state index is 0.0440. The van der Waals surface area contributed by atoms with Crippen LogP contribution in [0.3, 0.4) is 0 Å². The molecule has 0 fully saturated rings. The summed E-state index contributed by atoms with van der Waals surface area (Å²) in [4.78, 5) is 0. The number of hydrogen-bond acceptors (Lipinski definition) is 1. The van der Waals surface area contributed by atoms with Crippen molar-refractivity contribution < 1.29 is 13.5 Å². The first-order valence-electron chi connectivity index (χ1n) is 7.01. The van der Waals surface area contributed by atoms with E-state index in [4.69, 9.17) is 4.74 Å². The molecule has 1 aromatic rings. The zero-order chi connectivity index (χ0) is 14.5. The third-order valence-electron chi connectivity index (χ3n) is 3.25. The fraction of sp³-hybridized carbons (Fsp3) is 0.412. The lowest BCUT2D eigenvalue weighted by Crippen LogP contribution is -2.06. The first-order valence-corrected chi connectivity index (χ1v) is 7.01. The fourth-order valence-electron chi connectivity index (χ4n) is 2.23. The second kappa shape index (κ2) is 6.69. The van der Waals surface area contributed by atoms with E-state index >= 15 is 0 Å². The highest BCUT2D eigenvalue weighted by Gasteiger charge is 2.16. The van der Waals surface area contributed by atoms with E-state index in [9.17, 15) is 8.78 Å². The van der Waals surface area contributed by atoms with Crippen LogP contribution in [-0.4, -0.2) is 6.61 Å². The van der Waals surface area contributed by atoms with E-state index in [-0.39, 0.29) is 18.6 Å². The van der Waals surface area contributed by atoms with Gasteiger partial charge in [-0.1, -0.05) is 26.0 Å². The topological polar surface area (TPSA) is 9.23 Å². The van der Waals surface area contributed by atoms with Gasteiger partial charge in [-0.05, 0) is 42.5 Å². The number of hydrogen-bond donors (Lipinski definition) is 0. The number of rotatable bonds is 5. The van der Waals surface area contributed by atoms with Crippen LogP contribution in [0.2, 0.25) is 0 Å². The molecule has 1 aliphatic carbocycles. The second-order valence-electron chi connectivity index (χ2n) is 5.50. The van der Waals surface area contributed by atoms with Gasteiger partial charge in [0.15, 0.2) is 0 Å². The largest absolute Gasteiger partial charge is 0.489 e. The molecule has 1 aliphatic rings. The van der Waals surface area contributed by atoms with Gasteiger partial charge in [0.25, 0.3) is 0 Å². The summed E-state index contributed by atoms with van der Waals surface area (Å²) in [6, 6.07) is 7.68. The van der Waals surface area contributed by atoms with Crippen LogP contribution >= 0.6 is 0 Å². The van der Waals surface area contributed by atoms with Crippen LogP contribution in [0.1, 0.15) is 32.3 Å². The van der Waals surface area contributed by atoms with Crippen molar-refractivity contribution in [3.05, 3.63) is 53.1 Å². The molecule has 1 nitrogen and oxygen atoms in total. The molecule has 0 heterocycles. The lowest BCUT2D eigenvalue weighted by molar-refractivity contribution is 0.339. The van der Waals surface area contributed by atoms with Gasteiger partial charge < -0.3 is 4.74 Å². The minimum atomic E-state index is -0.495. The second-order valence-corrected chi connectivity index (χ2v) is 5.50. The molecule has 3 heteroatoms. The Hall–Kier alpha value is -1.64. The van der Waals surface area contributed by atoms with Crippen molar-refractivity contribution >= 4 is 0 Å². The number of allylic oxidation sites excluding steroid dienone is 2. The molecule has 0 atom stereocenters. The maximum atomic E-state index is 13.5. The summed E-state index contributed by atoms with van der Waals surface area (Å²) in [5.74, 6) is 0.338. The maximum absolute atomic E-state index is 13.5. The Kier molecular flexibility index (Phi) is 4.94. The fourth-order valence-corrected chi connectivity index (χ4v) is 2.23. The van der Waals surface area contributed by atoms with Crippen molar-refractivity contribution in [1.82, 2.24) is 0 Å². The van der Waals surface area contributed by atoms with E-state index in [1.807, 2.05) is 24.3 Å². The summed E-state index contributed by atoms with van der Waals surface area (Å²) < 4.78 is 32.5. The van der Waals surface area contributed by atoms with Crippen LogP contribution in [0.25, 0.3) is 0 Å². The molecule has 0 aromatic heterocycles. The number of benzene rings is 1. The molecule has 0 spiro atoms. The highest BCUT2D eigenvalue weighted by atomic mass is 19.1. The van der Waals surface area contributed by atoms with E-state index in [1.54, 1.807) is 0 Å². The Labute approximate surface area is 119 Å². The first kappa shape index (κ1) is 14.8. The molecule has 0 aliphatic heterocycles. The van der Waals surface area contributed by atoms with Crippen molar-refractivity contribution in [2.75, 3.05) is 6.61 Å². The molecule has 20 heavy (non-hydrogen) atoms. The molecule has 2 rings (SSSR count). The normalized spacial score (nSPS) is 15.6. The molecule has 108 valence electrons. The average Bonchev–Trinajstić information content (AvgIpc) is 2.39. The van der Waals surface area contributed by atoms with Crippen molar-refractivity contribution in [2.45, 2.75) is 33.1 Å². The third-order valence-corrected chi connectivity index (χ3v) is 3.25. The van der Waals surface area contributed by atoms with Crippen LogP contribution in [0, 0.1) is 5.92 Å². The molecule has 0 bridgehead atoms. The Balaban J connectivity index is 1.96. The Morgan fingerprint density at radius 1 is 1.15 bits per heavy atom. The molecular weight excluding hydrogens is 258 g/mol. The van der Waals surface area contributed by atoms with Crippen molar-refractivity contribution in [2.24, 2.45) is 5.92 Å². The van der Waals surface area contributed by atoms with Crippen LogP contribution < -0.4 is 4.74 Å². The Bertz CT molecular complexity index is 512. The molecule has 0 amide bonds. The van der Waals surface area contributed by atoms with E-state index in [2.05, 4.69) is 13.8 Å². The lowest BCUT2D eigenvalue weighted by atomic mass is 10.0. The summed E-state index contributed by atoms with van der Waals surface area (Å²) >= 11 is 0. The summed E-state index contributed by atoms with van der Waals surface area (Å²) in [6.07, 6.45) is 3.11. The van der Waals surface area contributed by atoms with Crippen molar-refractivity contribution in [3.63, 3.8) is 0 Å². The SMILES string of the molecule is CC(C)Cc1ccc(OCC2=C(F)CCC=C2F)cc1. The average molecular weight is 278 g/mol. The molecule has 0 saturated heterocycles. The molecule has 0 unspecified atom stereocenters. The zero-order valence-corrected chi connectivity index (χ0v) is 12.0. The van der Waals surface area contributed by atoms with Gasteiger partial charge in [0, 0.05) is 6.42 Å². The van der Waals surface area contributed by atoms with Gasteiger partial charge in [0.05, 0.1) is 5.57 Å². The lowest BCUT2D eigenvalue weighted by Gasteiger charge is -2.13. The Morgan fingerprint density at radius 3 is 2.45 bits per heavy atom. The number of halogens is 2. The van der Waals surface area contributed by atoms with Crippen LogP contribution in [0.4, 0.5) is 8.78 Å². The predicted octanol–water partition coefficient (Wildman–Crippen LogP) is 5.13. The highest BCUT2D eigenvalue weighted by molar-refractivity contribution is 5.34. The smallest absolute Gasteiger partial charge is 0.128 e. The van der Waals surface area contributed by atoms with Crippen LogP contribution in [0.5, 0.6) is 5.75 Å². The van der Waals surface area contributed by atoms with Crippen LogP contribution in [0.15, 0.2) is 47.6 Å². The van der Waals surface area contributed by atoms with E-state index in [1.165, 1.54) is 11.6 Å². The van der Waals surface area contributed by atoms with Crippen molar-refractivity contribution in [1.29, 1.82) is 0 Å². The highest BCUT2D eigenvalue weighted by Crippen LogP contribution is 2.27. The predicted molar refractivity (Wildman–Crippen MR) is 77.0 cm³/mol. The van der Waals surface area contributed by atoms with Gasteiger partial charge in [-0.2, -0.15) is 0 Å². The summed E-state index contributed by atoms with van der Waals surface area (Å²) in [5, 5.41) is 0. The summed E-state index contributed by atoms with van der Waals surface area (Å²) in [5.41, 5.74) is 1.28. The van der Waals surface area contributed by atoms with Gasteiger partial charge in [0.1, 0.15) is 24.0 Å². The van der Waals surface area contributed by atoms with Gasteiger partial charge in [0.2, 0.25) is 0 Å². The van der Waals surface area contributed by atoms with Gasteiger partial charge >= 0.3 is 0 Å². The first-order chi connectivity index (χ1) is 9.56. The zero-order valence-electron chi connectivity index (χ0n) is 12.0. The molecule has 1 aromatic carbocycles. The molecule has 0 radical (unpaired) electrons. The van der Waals surface area contributed by atoms with Crippen LogP contribution in [-0.2, 0) is 6.42 Å². The summed E-state index contributed by atoms with van der Waals surface area (Å²) in [7, 11) is 0. The monoisotopic (exact) mass is 278 g/mol. The van der Waals surface area contributed by atoms with Gasteiger partial charge in [-0.15, -0.1) is 0 Å². The number of ether oxygens (including phenoxy) is 1. The van der Waals surface area contributed by atoms with Gasteiger partial charge in [-0.25, -0.2) is 8.78 Å². The van der Waals surface area contributed by atoms with E-state index in [0.29, 0.717) is 18.1 Å². The molecular formula is C17H20F2O. The summed E-state index contributed by atoms with van der Waals surface area (Å²) in [6.45, 7) is 4.27. The van der Waals surface area contributed by atoms with E-state index < -0.39 is 11.7 Å². The minimum Gasteiger partial charge on any atom is -0.489 e. The molecule has 0 saturated carbocycles.